The molecule has 204 valence electrons. The van der Waals surface area contributed by atoms with Gasteiger partial charge in [-0.3, -0.25) is 19.7 Å². The van der Waals surface area contributed by atoms with Gasteiger partial charge in [0, 0.05) is 24.9 Å². The van der Waals surface area contributed by atoms with E-state index in [9.17, 15) is 32.7 Å². The molecule has 2 fully saturated rings. The number of piperidine rings is 2. The third kappa shape index (κ3) is 5.99. The maximum Gasteiger partial charge on any atom is 0.490 e. The molecule has 4 N–H and O–H groups in total. The van der Waals surface area contributed by atoms with Crippen LogP contribution in [0.15, 0.2) is 24.4 Å². The van der Waals surface area contributed by atoms with Crippen LogP contribution in [0.25, 0.3) is 5.69 Å². The molecule has 0 spiro atoms. The monoisotopic (exact) mass is 538 g/mol. The number of alkyl halides is 3. The first-order valence-electron chi connectivity index (χ1n) is 11.8. The molecule has 1 aromatic heterocycles. The number of carbonyl (C=O) groups is 4. The first kappa shape index (κ1) is 27.2. The smallest absolute Gasteiger partial charge is 0.475 e. The Morgan fingerprint density at radius 1 is 1.18 bits per heavy atom. The number of hydrogen-bond acceptors (Lipinski definition) is 8. The van der Waals surface area contributed by atoms with Gasteiger partial charge in [0.2, 0.25) is 11.8 Å². The number of imide groups is 1. The van der Waals surface area contributed by atoms with Crippen LogP contribution in [-0.2, 0) is 27.3 Å². The Labute approximate surface area is 213 Å². The number of carbonyl (C=O) groups excluding carboxylic acids is 3. The van der Waals surface area contributed by atoms with Crippen LogP contribution in [0, 0.1) is 0 Å². The van der Waals surface area contributed by atoms with Gasteiger partial charge in [-0.1, -0.05) is 5.21 Å². The number of aromatic nitrogens is 3. The third-order valence-corrected chi connectivity index (χ3v) is 6.60. The fourth-order valence-corrected chi connectivity index (χ4v) is 4.61. The molecule has 3 amide bonds. The van der Waals surface area contributed by atoms with Crippen LogP contribution in [-0.4, -0.2) is 84.7 Å². The lowest BCUT2D eigenvalue weighted by Gasteiger charge is -2.31. The largest absolute Gasteiger partial charge is 0.490 e. The minimum atomic E-state index is -5.08. The Bertz CT molecular complexity index is 1260. The molecular formula is C23H25F3N6O6. The molecule has 1 unspecified atom stereocenters. The lowest BCUT2D eigenvalue weighted by atomic mass is 9.88. The number of benzene rings is 1. The number of carboxylic acids is 1. The molecule has 5 rings (SSSR count). The van der Waals surface area contributed by atoms with Gasteiger partial charge in [-0.2, -0.15) is 13.2 Å². The van der Waals surface area contributed by atoms with E-state index < -0.39 is 29.7 Å². The van der Waals surface area contributed by atoms with Crippen molar-refractivity contribution in [1.29, 1.82) is 0 Å². The fraction of sp³-hybridized carbons (Fsp3) is 0.478. The Hall–Kier alpha value is -3.85. The van der Waals surface area contributed by atoms with Crippen LogP contribution in [0.5, 0.6) is 0 Å². The first-order chi connectivity index (χ1) is 17.9. The molecule has 1 atom stereocenters. The highest BCUT2D eigenvalue weighted by atomic mass is 19.4. The Morgan fingerprint density at radius 3 is 2.50 bits per heavy atom. The highest BCUT2D eigenvalue weighted by Crippen LogP contribution is 2.29. The topological polar surface area (TPSA) is 167 Å². The van der Waals surface area contributed by atoms with E-state index in [2.05, 4.69) is 20.9 Å². The van der Waals surface area contributed by atoms with Crippen LogP contribution in [0.3, 0.4) is 0 Å². The van der Waals surface area contributed by atoms with Gasteiger partial charge in [-0.25, -0.2) is 9.48 Å². The zero-order valence-corrected chi connectivity index (χ0v) is 20.0. The van der Waals surface area contributed by atoms with E-state index in [-0.39, 0.29) is 18.2 Å². The molecular weight excluding hydrogens is 513 g/mol. The predicted octanol–water partition coefficient (Wildman–Crippen LogP) is 0.319. The molecule has 3 aliphatic heterocycles. The third-order valence-electron chi connectivity index (χ3n) is 6.60. The van der Waals surface area contributed by atoms with Gasteiger partial charge in [0.05, 0.1) is 23.2 Å². The SMILES string of the molecule is O=C(O)C(F)(F)F.O=C1CCC(N2Cc3cc(-n4cc(CC5(O)CCNCC5)nn4)ccc3C2=O)C(=O)N1. The summed E-state index contributed by atoms with van der Waals surface area (Å²) in [5.41, 5.74) is 2.07. The number of rotatable bonds is 4. The van der Waals surface area contributed by atoms with Gasteiger partial charge in [-0.15, -0.1) is 5.10 Å². The lowest BCUT2D eigenvalue weighted by Crippen LogP contribution is -2.52. The van der Waals surface area contributed by atoms with Gasteiger partial charge < -0.3 is 20.4 Å². The highest BCUT2D eigenvalue weighted by Gasteiger charge is 2.39. The van der Waals surface area contributed by atoms with Crippen molar-refractivity contribution in [2.45, 2.75) is 56.5 Å². The fourth-order valence-electron chi connectivity index (χ4n) is 4.61. The molecule has 2 aromatic rings. The second kappa shape index (κ2) is 10.5. The lowest BCUT2D eigenvalue weighted by molar-refractivity contribution is -0.192. The van der Waals surface area contributed by atoms with E-state index in [0.29, 0.717) is 43.5 Å². The van der Waals surface area contributed by atoms with E-state index in [1.54, 1.807) is 23.0 Å². The molecule has 0 radical (unpaired) electrons. The number of aliphatic carboxylic acids is 1. The summed E-state index contributed by atoms with van der Waals surface area (Å²) < 4.78 is 33.4. The van der Waals surface area contributed by atoms with Crippen molar-refractivity contribution in [2.75, 3.05) is 13.1 Å². The molecule has 0 aliphatic carbocycles. The molecule has 3 aliphatic rings. The van der Waals surface area contributed by atoms with Crippen LogP contribution in [0.2, 0.25) is 0 Å². The molecule has 2 saturated heterocycles. The molecule has 0 bridgehead atoms. The number of nitrogens with zero attached hydrogens (tertiary/aromatic N) is 4. The zero-order valence-electron chi connectivity index (χ0n) is 20.0. The van der Waals surface area contributed by atoms with Gasteiger partial charge in [0.25, 0.3) is 5.91 Å². The summed E-state index contributed by atoms with van der Waals surface area (Å²) in [4.78, 5) is 46.9. The van der Waals surface area contributed by atoms with Crippen LogP contribution in [0.4, 0.5) is 13.2 Å². The van der Waals surface area contributed by atoms with E-state index in [1.165, 1.54) is 4.90 Å². The Kier molecular flexibility index (Phi) is 7.51. The van der Waals surface area contributed by atoms with Gasteiger partial charge in [0.15, 0.2) is 0 Å². The summed E-state index contributed by atoms with van der Waals surface area (Å²) in [6, 6.07) is 4.77. The average molecular weight is 538 g/mol. The predicted molar refractivity (Wildman–Crippen MR) is 122 cm³/mol. The number of hydrogen-bond donors (Lipinski definition) is 4. The van der Waals surface area contributed by atoms with E-state index >= 15 is 0 Å². The van der Waals surface area contributed by atoms with Gasteiger partial charge >= 0.3 is 12.1 Å². The van der Waals surface area contributed by atoms with Crippen molar-refractivity contribution in [3.8, 4) is 5.69 Å². The second-order valence-electron chi connectivity index (χ2n) is 9.35. The van der Waals surface area contributed by atoms with Gasteiger partial charge in [0.1, 0.15) is 6.04 Å². The number of nitrogens with one attached hydrogen (secondary N) is 2. The van der Waals surface area contributed by atoms with Crippen molar-refractivity contribution in [1.82, 2.24) is 30.5 Å². The van der Waals surface area contributed by atoms with E-state index in [4.69, 9.17) is 9.90 Å². The first-order valence-corrected chi connectivity index (χ1v) is 11.8. The van der Waals surface area contributed by atoms with Crippen molar-refractivity contribution < 1.29 is 42.6 Å². The number of halogens is 3. The summed E-state index contributed by atoms with van der Waals surface area (Å²) in [6.45, 7) is 1.88. The Morgan fingerprint density at radius 2 is 1.87 bits per heavy atom. The number of fused-ring (bicyclic) bond motifs is 1. The molecule has 1 aromatic carbocycles. The number of amides is 3. The van der Waals surface area contributed by atoms with Crippen LogP contribution in [0.1, 0.15) is 47.3 Å². The summed E-state index contributed by atoms with van der Waals surface area (Å²) in [5.74, 6) is -3.69. The van der Waals surface area contributed by atoms with E-state index in [1.807, 2.05) is 6.07 Å². The number of aliphatic hydroxyl groups is 1. The normalized spacial score (nSPS) is 20.9. The van der Waals surface area contributed by atoms with Crippen molar-refractivity contribution in [2.24, 2.45) is 0 Å². The minimum absolute atomic E-state index is 0.205. The maximum atomic E-state index is 12.8. The molecule has 12 nitrogen and oxygen atoms in total. The minimum Gasteiger partial charge on any atom is -0.475 e. The summed E-state index contributed by atoms with van der Waals surface area (Å²) in [7, 11) is 0. The second-order valence-corrected chi connectivity index (χ2v) is 9.35. The van der Waals surface area contributed by atoms with Crippen molar-refractivity contribution in [3.63, 3.8) is 0 Å². The molecule has 0 saturated carbocycles. The van der Waals surface area contributed by atoms with E-state index in [0.717, 1.165) is 24.3 Å². The Balaban J connectivity index is 0.000000426. The molecule has 38 heavy (non-hydrogen) atoms. The zero-order chi connectivity index (χ0) is 27.7. The van der Waals surface area contributed by atoms with Crippen LogP contribution < -0.4 is 10.6 Å². The van der Waals surface area contributed by atoms with Gasteiger partial charge in [-0.05, 0) is 56.1 Å². The summed E-state index contributed by atoms with van der Waals surface area (Å²) >= 11 is 0. The quantitative estimate of drug-likeness (QED) is 0.401. The number of carboxylic acid groups (broad SMARTS) is 1. The average Bonchev–Trinajstić information content (AvgIpc) is 3.43. The maximum absolute atomic E-state index is 12.8. The summed E-state index contributed by atoms with van der Waals surface area (Å²) in [5, 5.41) is 31.8. The standard InChI is InChI=1S/C21H24N6O4.C2HF3O2/c28-18-4-3-17(19(29)23-18)26-11-13-9-15(1-2-16(13)20(26)30)27-12-14(24-25-27)10-21(31)5-7-22-8-6-21;3-2(4,5)1(6)7/h1-2,9,12,17,22,31H,3-8,10-11H2,(H,23,28,29);(H,6,7). The molecule has 4 heterocycles. The van der Waals surface area contributed by atoms with Crippen LogP contribution >= 0.6 is 0 Å². The summed E-state index contributed by atoms with van der Waals surface area (Å²) in [6.07, 6.45) is -0.917. The highest BCUT2D eigenvalue weighted by molar-refractivity contribution is 6.05. The van der Waals surface area contributed by atoms with Crippen molar-refractivity contribution in [3.05, 3.63) is 41.2 Å². The molecule has 15 heteroatoms. The van der Waals surface area contributed by atoms with Crippen molar-refractivity contribution >= 4 is 23.7 Å².